The molecule has 0 bridgehead atoms. The van der Waals surface area contributed by atoms with E-state index in [1.165, 1.54) is 11.8 Å². The fourth-order valence-electron chi connectivity index (χ4n) is 3.95. The average molecular weight is 383 g/mol. The van der Waals surface area contributed by atoms with Crippen LogP contribution in [0.4, 0.5) is 0 Å². The predicted molar refractivity (Wildman–Crippen MR) is 112 cm³/mol. The Balaban J connectivity index is 1.49. The zero-order chi connectivity index (χ0) is 19.8. The molecule has 2 atom stereocenters. The zero-order valence-corrected chi connectivity index (χ0v) is 16.7. The Bertz CT molecular complexity index is 758. The fraction of sp³-hybridized carbons (Fsp3) is 0.455. The highest BCUT2D eigenvalue weighted by molar-refractivity contribution is 5.91. The number of hydrogen-bond donors (Lipinski definition) is 2. The van der Waals surface area contributed by atoms with Crippen LogP contribution in [0.2, 0.25) is 0 Å². The van der Waals surface area contributed by atoms with Gasteiger partial charge in [-0.3, -0.25) is 9.79 Å². The second-order valence-corrected chi connectivity index (χ2v) is 7.13. The molecule has 1 aliphatic heterocycles. The second kappa shape index (κ2) is 9.97. The number of likely N-dealkylation sites (tertiary alicyclic amines) is 1. The molecule has 0 saturated carbocycles. The number of hydrogen-bond acceptors (Lipinski definition) is 3. The number of guanidine groups is 1. The van der Waals surface area contributed by atoms with Crippen molar-refractivity contribution in [2.24, 2.45) is 10.9 Å². The molecule has 6 heteroatoms. The Labute approximate surface area is 167 Å². The molecule has 0 radical (unpaired) electrons. The van der Waals surface area contributed by atoms with Crippen LogP contribution in [0.15, 0.2) is 58.1 Å². The van der Waals surface area contributed by atoms with Crippen LogP contribution in [-0.4, -0.2) is 50.0 Å². The number of furan rings is 1. The minimum atomic E-state index is -0.198. The SMILES string of the molecule is CCC1CN(C(=NC)NCCNC(=O)c2ccco2)CCC1c1ccccc1. The van der Waals surface area contributed by atoms with E-state index in [2.05, 4.69) is 57.8 Å². The molecule has 0 spiro atoms. The van der Waals surface area contributed by atoms with Gasteiger partial charge in [-0.15, -0.1) is 0 Å². The van der Waals surface area contributed by atoms with Crippen LogP contribution in [0.5, 0.6) is 0 Å². The van der Waals surface area contributed by atoms with Crippen molar-refractivity contribution in [3.8, 4) is 0 Å². The fourth-order valence-corrected chi connectivity index (χ4v) is 3.95. The third kappa shape index (κ3) is 4.94. The number of nitrogens with zero attached hydrogens (tertiary/aromatic N) is 2. The van der Waals surface area contributed by atoms with Gasteiger partial charge in [0, 0.05) is 33.2 Å². The minimum absolute atomic E-state index is 0.198. The molecule has 3 rings (SSSR count). The van der Waals surface area contributed by atoms with E-state index in [9.17, 15) is 4.79 Å². The van der Waals surface area contributed by atoms with Crippen molar-refractivity contribution < 1.29 is 9.21 Å². The Kier molecular flexibility index (Phi) is 7.12. The summed E-state index contributed by atoms with van der Waals surface area (Å²) in [6.07, 6.45) is 3.77. The van der Waals surface area contributed by atoms with Crippen LogP contribution in [0.25, 0.3) is 0 Å². The number of aliphatic imine (C=N–C) groups is 1. The summed E-state index contributed by atoms with van der Waals surface area (Å²) in [4.78, 5) is 18.7. The summed E-state index contributed by atoms with van der Waals surface area (Å²) in [7, 11) is 1.81. The van der Waals surface area contributed by atoms with E-state index in [4.69, 9.17) is 4.42 Å². The molecular weight excluding hydrogens is 352 g/mol. The van der Waals surface area contributed by atoms with E-state index in [1.54, 1.807) is 12.1 Å². The third-order valence-corrected chi connectivity index (χ3v) is 5.44. The molecule has 1 aliphatic rings. The smallest absolute Gasteiger partial charge is 0.287 e. The minimum Gasteiger partial charge on any atom is -0.459 e. The second-order valence-electron chi connectivity index (χ2n) is 7.13. The van der Waals surface area contributed by atoms with Gasteiger partial charge >= 0.3 is 0 Å². The van der Waals surface area contributed by atoms with Gasteiger partial charge < -0.3 is 20.0 Å². The highest BCUT2D eigenvalue weighted by atomic mass is 16.3. The lowest BCUT2D eigenvalue weighted by Crippen LogP contribution is -2.49. The van der Waals surface area contributed by atoms with E-state index in [-0.39, 0.29) is 5.91 Å². The molecule has 1 fully saturated rings. The Hall–Kier alpha value is -2.76. The van der Waals surface area contributed by atoms with Gasteiger partial charge in [-0.05, 0) is 36.0 Å². The predicted octanol–water partition coefficient (Wildman–Crippen LogP) is 3.10. The molecule has 1 amide bonds. The quantitative estimate of drug-likeness (QED) is 0.458. The highest BCUT2D eigenvalue weighted by Gasteiger charge is 2.30. The molecular formula is C22H30N4O2. The summed E-state index contributed by atoms with van der Waals surface area (Å²) >= 11 is 0. The van der Waals surface area contributed by atoms with Gasteiger partial charge in [-0.1, -0.05) is 43.7 Å². The van der Waals surface area contributed by atoms with E-state index >= 15 is 0 Å². The third-order valence-electron chi connectivity index (χ3n) is 5.44. The molecule has 0 aliphatic carbocycles. The van der Waals surface area contributed by atoms with Crippen LogP contribution in [-0.2, 0) is 0 Å². The standard InChI is InChI=1S/C22H30N4O2/c1-3-17-16-26(14-11-19(17)18-8-5-4-6-9-18)22(23-2)25-13-12-24-21(27)20-10-7-15-28-20/h4-10,15,17,19H,3,11-14,16H2,1-2H3,(H,23,25)(H,24,27). The van der Waals surface area contributed by atoms with E-state index < -0.39 is 0 Å². The molecule has 2 unspecified atom stereocenters. The Morgan fingerprint density at radius 2 is 1.96 bits per heavy atom. The average Bonchev–Trinajstić information content (AvgIpc) is 3.29. The van der Waals surface area contributed by atoms with Crippen molar-refractivity contribution in [1.82, 2.24) is 15.5 Å². The number of rotatable bonds is 6. The zero-order valence-electron chi connectivity index (χ0n) is 16.7. The molecule has 2 aromatic rings. The van der Waals surface area contributed by atoms with Gasteiger partial charge in [0.15, 0.2) is 11.7 Å². The van der Waals surface area contributed by atoms with Gasteiger partial charge in [-0.25, -0.2) is 0 Å². The van der Waals surface area contributed by atoms with Crippen molar-refractivity contribution in [3.05, 3.63) is 60.1 Å². The maximum Gasteiger partial charge on any atom is 0.287 e. The Morgan fingerprint density at radius 1 is 1.18 bits per heavy atom. The number of carbonyl (C=O) groups excluding carboxylic acids is 1. The molecule has 2 N–H and O–H groups in total. The molecule has 1 aromatic heterocycles. The molecule has 28 heavy (non-hydrogen) atoms. The van der Waals surface area contributed by atoms with Crippen LogP contribution >= 0.6 is 0 Å². The van der Waals surface area contributed by atoms with Crippen molar-refractivity contribution in [2.45, 2.75) is 25.7 Å². The summed E-state index contributed by atoms with van der Waals surface area (Å²) in [6, 6.07) is 14.2. The van der Waals surface area contributed by atoms with Crippen LogP contribution in [0.3, 0.4) is 0 Å². The first-order valence-electron chi connectivity index (χ1n) is 10.0. The summed E-state index contributed by atoms with van der Waals surface area (Å²) in [5.74, 6) is 2.24. The van der Waals surface area contributed by atoms with E-state index in [1.807, 2.05) is 7.05 Å². The summed E-state index contributed by atoms with van der Waals surface area (Å²) in [5.41, 5.74) is 1.44. The van der Waals surface area contributed by atoms with Crippen molar-refractivity contribution in [3.63, 3.8) is 0 Å². The van der Waals surface area contributed by atoms with Crippen molar-refractivity contribution >= 4 is 11.9 Å². The molecule has 2 heterocycles. The summed E-state index contributed by atoms with van der Waals surface area (Å²) < 4.78 is 5.10. The Morgan fingerprint density at radius 3 is 2.64 bits per heavy atom. The van der Waals surface area contributed by atoms with Crippen LogP contribution in [0.1, 0.15) is 41.8 Å². The van der Waals surface area contributed by atoms with Crippen molar-refractivity contribution in [1.29, 1.82) is 0 Å². The summed E-state index contributed by atoms with van der Waals surface area (Å²) in [6.45, 7) is 5.37. The normalized spacial score (nSPS) is 20.1. The maximum absolute atomic E-state index is 11.9. The summed E-state index contributed by atoms with van der Waals surface area (Å²) in [5, 5.41) is 6.22. The number of piperidine rings is 1. The lowest BCUT2D eigenvalue weighted by Gasteiger charge is -2.40. The monoisotopic (exact) mass is 382 g/mol. The lowest BCUT2D eigenvalue weighted by molar-refractivity contribution is 0.0926. The van der Waals surface area contributed by atoms with Gasteiger partial charge in [0.05, 0.1) is 6.26 Å². The number of nitrogens with one attached hydrogen (secondary N) is 2. The lowest BCUT2D eigenvalue weighted by atomic mass is 9.79. The number of benzene rings is 1. The van der Waals surface area contributed by atoms with Crippen molar-refractivity contribution in [2.75, 3.05) is 33.2 Å². The van der Waals surface area contributed by atoms with Crippen LogP contribution in [0, 0.1) is 5.92 Å². The number of amides is 1. The van der Waals surface area contributed by atoms with Gasteiger partial charge in [0.1, 0.15) is 0 Å². The molecule has 1 aromatic carbocycles. The highest BCUT2D eigenvalue weighted by Crippen LogP contribution is 2.34. The van der Waals surface area contributed by atoms with E-state index in [0.717, 1.165) is 31.9 Å². The first-order chi connectivity index (χ1) is 13.7. The van der Waals surface area contributed by atoms with Gasteiger partial charge in [0.25, 0.3) is 5.91 Å². The molecule has 1 saturated heterocycles. The first kappa shape index (κ1) is 20.0. The van der Waals surface area contributed by atoms with Gasteiger partial charge in [0.2, 0.25) is 0 Å². The molecule has 6 nitrogen and oxygen atoms in total. The van der Waals surface area contributed by atoms with E-state index in [0.29, 0.717) is 30.7 Å². The molecule has 150 valence electrons. The van der Waals surface area contributed by atoms with Gasteiger partial charge in [-0.2, -0.15) is 0 Å². The maximum atomic E-state index is 11.9. The van der Waals surface area contributed by atoms with Crippen LogP contribution < -0.4 is 10.6 Å². The topological polar surface area (TPSA) is 69.9 Å². The first-order valence-corrected chi connectivity index (χ1v) is 10.0. The largest absolute Gasteiger partial charge is 0.459 e. The number of carbonyl (C=O) groups is 1.